The van der Waals surface area contributed by atoms with Gasteiger partial charge in [0.15, 0.2) is 0 Å². The van der Waals surface area contributed by atoms with Crippen molar-refractivity contribution in [2.75, 3.05) is 25.5 Å². The predicted octanol–water partition coefficient (Wildman–Crippen LogP) is 3.23. The molecule has 0 aliphatic carbocycles. The number of halogens is 1. The highest BCUT2D eigenvalue weighted by Crippen LogP contribution is 2.15. The number of rotatable bonds is 7. The summed E-state index contributed by atoms with van der Waals surface area (Å²) < 4.78 is 13.0. The van der Waals surface area contributed by atoms with Gasteiger partial charge in [-0.1, -0.05) is 0 Å². The highest BCUT2D eigenvalue weighted by Gasteiger charge is 2.04. The number of nitrogens with zero attached hydrogens (tertiary/aromatic N) is 2. The van der Waals surface area contributed by atoms with Gasteiger partial charge in [-0.2, -0.15) is 5.26 Å². The third-order valence-electron chi connectivity index (χ3n) is 3.24. The Labute approximate surface area is 115 Å². The third kappa shape index (κ3) is 5.27. The van der Waals surface area contributed by atoms with Gasteiger partial charge in [-0.05, 0) is 58.5 Å². The van der Waals surface area contributed by atoms with E-state index < -0.39 is 0 Å². The number of anilines is 1. The largest absolute Gasteiger partial charge is 0.384 e. The molecule has 0 aromatic heterocycles. The average molecular weight is 263 g/mol. The van der Waals surface area contributed by atoms with Crippen LogP contribution in [0.15, 0.2) is 18.2 Å². The van der Waals surface area contributed by atoms with Gasteiger partial charge in [-0.15, -0.1) is 0 Å². The first-order valence-electron chi connectivity index (χ1n) is 6.68. The Balaban J connectivity index is 2.32. The second kappa shape index (κ2) is 7.75. The number of nitrogens with one attached hydrogen (secondary N) is 1. The molecule has 4 heteroatoms. The normalized spacial score (nSPS) is 10.8. The number of hydrogen-bond acceptors (Lipinski definition) is 3. The molecule has 0 unspecified atom stereocenters. The molecular weight excluding hydrogens is 241 g/mol. The van der Waals surface area contributed by atoms with Crippen LogP contribution in [0.25, 0.3) is 0 Å². The Bertz CT molecular complexity index is 438. The lowest BCUT2D eigenvalue weighted by atomic mass is 10.2. The van der Waals surface area contributed by atoms with Gasteiger partial charge >= 0.3 is 0 Å². The van der Waals surface area contributed by atoms with Crippen LogP contribution < -0.4 is 5.32 Å². The van der Waals surface area contributed by atoms with Gasteiger partial charge in [0.05, 0.1) is 11.3 Å². The molecular formula is C15H22FN3. The summed E-state index contributed by atoms with van der Waals surface area (Å²) in [5.74, 6) is -0.374. The molecule has 0 saturated carbocycles. The van der Waals surface area contributed by atoms with Gasteiger partial charge < -0.3 is 10.2 Å². The highest BCUT2D eigenvalue weighted by atomic mass is 19.1. The molecule has 0 amide bonds. The van der Waals surface area contributed by atoms with Gasteiger partial charge in [-0.25, -0.2) is 4.39 Å². The fourth-order valence-corrected chi connectivity index (χ4v) is 1.73. The second-order valence-corrected chi connectivity index (χ2v) is 5.01. The Hall–Kier alpha value is -1.60. The van der Waals surface area contributed by atoms with Crippen LogP contribution in [0.5, 0.6) is 0 Å². The van der Waals surface area contributed by atoms with E-state index in [9.17, 15) is 4.39 Å². The maximum absolute atomic E-state index is 13.0. The minimum Gasteiger partial charge on any atom is -0.384 e. The summed E-state index contributed by atoms with van der Waals surface area (Å²) in [6.07, 6.45) is 2.13. The van der Waals surface area contributed by atoms with Crippen LogP contribution >= 0.6 is 0 Å². The van der Waals surface area contributed by atoms with Crippen LogP contribution in [0.4, 0.5) is 10.1 Å². The Morgan fingerprint density at radius 2 is 2.11 bits per heavy atom. The fraction of sp³-hybridized carbons (Fsp3) is 0.533. The van der Waals surface area contributed by atoms with Gasteiger partial charge in [0.1, 0.15) is 11.9 Å². The maximum atomic E-state index is 13.0. The van der Waals surface area contributed by atoms with E-state index in [1.807, 2.05) is 6.07 Å². The summed E-state index contributed by atoms with van der Waals surface area (Å²) in [7, 11) is 2.12. The quantitative estimate of drug-likeness (QED) is 0.768. The maximum Gasteiger partial charge on any atom is 0.124 e. The van der Waals surface area contributed by atoms with Crippen molar-refractivity contribution in [1.82, 2.24) is 4.90 Å². The van der Waals surface area contributed by atoms with Crippen molar-refractivity contribution in [3.63, 3.8) is 0 Å². The van der Waals surface area contributed by atoms with Gasteiger partial charge in [0.25, 0.3) is 0 Å². The minimum absolute atomic E-state index is 0.360. The van der Waals surface area contributed by atoms with Crippen molar-refractivity contribution in [1.29, 1.82) is 5.26 Å². The van der Waals surface area contributed by atoms with E-state index in [2.05, 4.69) is 31.1 Å². The summed E-state index contributed by atoms with van der Waals surface area (Å²) in [6, 6.07) is 6.81. The lowest BCUT2D eigenvalue weighted by Crippen LogP contribution is -2.27. The lowest BCUT2D eigenvalue weighted by Gasteiger charge is -2.20. The molecule has 0 spiro atoms. The number of nitriles is 1. The van der Waals surface area contributed by atoms with E-state index in [0.29, 0.717) is 17.3 Å². The van der Waals surface area contributed by atoms with Crippen LogP contribution in [0.1, 0.15) is 32.3 Å². The van der Waals surface area contributed by atoms with Crippen LogP contribution in [-0.4, -0.2) is 31.1 Å². The number of benzene rings is 1. The number of unbranched alkanes of at least 4 members (excludes halogenated alkanes) is 1. The molecule has 104 valence electrons. The lowest BCUT2D eigenvalue weighted by molar-refractivity contribution is 0.269. The Morgan fingerprint density at radius 1 is 1.37 bits per heavy atom. The minimum atomic E-state index is -0.374. The van der Waals surface area contributed by atoms with Crippen molar-refractivity contribution in [3.8, 4) is 6.07 Å². The zero-order chi connectivity index (χ0) is 14.3. The van der Waals surface area contributed by atoms with Gasteiger partial charge in [0.2, 0.25) is 0 Å². The molecule has 19 heavy (non-hydrogen) atoms. The van der Waals surface area contributed by atoms with Crippen molar-refractivity contribution < 1.29 is 4.39 Å². The van der Waals surface area contributed by atoms with E-state index in [4.69, 9.17) is 5.26 Å². The first-order chi connectivity index (χ1) is 9.04. The highest BCUT2D eigenvalue weighted by molar-refractivity contribution is 5.57. The summed E-state index contributed by atoms with van der Waals surface area (Å²) in [5, 5.41) is 12.1. The SMILES string of the molecule is CC(C)N(C)CCCCNc1ccc(F)cc1C#N. The zero-order valence-electron chi connectivity index (χ0n) is 11.9. The molecule has 1 aromatic carbocycles. The fourth-order valence-electron chi connectivity index (χ4n) is 1.73. The smallest absolute Gasteiger partial charge is 0.124 e. The van der Waals surface area contributed by atoms with E-state index in [0.717, 1.165) is 25.9 Å². The average Bonchev–Trinajstić information content (AvgIpc) is 2.39. The summed E-state index contributed by atoms with van der Waals surface area (Å²) in [6.45, 7) is 6.21. The molecule has 0 fully saturated rings. The zero-order valence-corrected chi connectivity index (χ0v) is 11.9. The van der Waals surface area contributed by atoms with E-state index >= 15 is 0 Å². The molecule has 3 nitrogen and oxygen atoms in total. The molecule has 1 N–H and O–H groups in total. The van der Waals surface area contributed by atoms with Gasteiger partial charge in [0, 0.05) is 12.6 Å². The molecule has 0 saturated heterocycles. The first-order valence-corrected chi connectivity index (χ1v) is 6.68. The van der Waals surface area contributed by atoms with Crippen molar-refractivity contribution in [3.05, 3.63) is 29.6 Å². The molecule has 0 heterocycles. The van der Waals surface area contributed by atoms with Crippen molar-refractivity contribution >= 4 is 5.69 Å². The summed E-state index contributed by atoms with van der Waals surface area (Å²) in [4.78, 5) is 2.30. The summed E-state index contributed by atoms with van der Waals surface area (Å²) >= 11 is 0. The molecule has 0 aliphatic rings. The van der Waals surface area contributed by atoms with Crippen LogP contribution in [0.3, 0.4) is 0 Å². The van der Waals surface area contributed by atoms with Gasteiger partial charge in [-0.3, -0.25) is 0 Å². The molecule has 1 rings (SSSR count). The Morgan fingerprint density at radius 3 is 2.74 bits per heavy atom. The predicted molar refractivity (Wildman–Crippen MR) is 76.6 cm³/mol. The third-order valence-corrected chi connectivity index (χ3v) is 3.24. The number of hydrogen-bond donors (Lipinski definition) is 1. The van der Waals surface area contributed by atoms with E-state index in [-0.39, 0.29) is 5.82 Å². The van der Waals surface area contributed by atoms with Crippen LogP contribution in [0, 0.1) is 17.1 Å². The van der Waals surface area contributed by atoms with Crippen molar-refractivity contribution in [2.24, 2.45) is 0 Å². The van der Waals surface area contributed by atoms with E-state index in [1.54, 1.807) is 6.07 Å². The van der Waals surface area contributed by atoms with Crippen LogP contribution in [0.2, 0.25) is 0 Å². The monoisotopic (exact) mass is 263 g/mol. The molecule has 0 radical (unpaired) electrons. The molecule has 1 aromatic rings. The van der Waals surface area contributed by atoms with Crippen molar-refractivity contribution in [2.45, 2.75) is 32.7 Å². The molecule has 0 atom stereocenters. The topological polar surface area (TPSA) is 39.1 Å². The molecule has 0 aliphatic heterocycles. The first kappa shape index (κ1) is 15.5. The molecule has 0 bridgehead atoms. The van der Waals surface area contributed by atoms with E-state index in [1.165, 1.54) is 12.1 Å². The standard InChI is InChI=1S/C15H22FN3/c1-12(2)19(3)9-5-4-8-18-15-7-6-14(16)10-13(15)11-17/h6-7,10,12,18H,4-5,8-9H2,1-3H3. The summed E-state index contributed by atoms with van der Waals surface area (Å²) in [5.41, 5.74) is 1.07. The second-order valence-electron chi connectivity index (χ2n) is 5.01. The Kier molecular flexibility index (Phi) is 6.31. The van der Waals surface area contributed by atoms with Crippen LogP contribution in [-0.2, 0) is 0 Å².